The Labute approximate surface area is 102 Å². The smallest absolute Gasteiger partial charge is 0.235 e. The van der Waals surface area contributed by atoms with Crippen LogP contribution in [-0.2, 0) is 9.59 Å². The molecule has 2 saturated carbocycles. The normalized spacial score (nSPS) is 22.4. The first-order valence-electron chi connectivity index (χ1n) is 6.50. The van der Waals surface area contributed by atoms with Crippen LogP contribution in [0.25, 0.3) is 0 Å². The second-order valence-corrected chi connectivity index (χ2v) is 5.15. The number of primary amides is 1. The second kappa shape index (κ2) is 5.49. The largest absolute Gasteiger partial charge is 0.368 e. The molecule has 17 heavy (non-hydrogen) atoms. The predicted octanol–water partition coefficient (Wildman–Crippen LogP) is 0.0412. The molecular weight excluding hydrogens is 218 g/mol. The van der Waals surface area contributed by atoms with Gasteiger partial charge in [0.05, 0.1) is 12.5 Å². The summed E-state index contributed by atoms with van der Waals surface area (Å²) in [4.78, 5) is 22.9. The lowest BCUT2D eigenvalue weighted by molar-refractivity contribution is -0.127. The minimum absolute atomic E-state index is 0.0678. The van der Waals surface area contributed by atoms with Crippen LogP contribution in [0.5, 0.6) is 0 Å². The highest BCUT2D eigenvalue weighted by Gasteiger charge is 2.28. The fourth-order valence-corrected chi connectivity index (χ4v) is 2.32. The molecule has 2 aliphatic carbocycles. The van der Waals surface area contributed by atoms with Gasteiger partial charge in [-0.25, -0.2) is 0 Å². The Kier molecular flexibility index (Phi) is 3.99. The van der Waals surface area contributed by atoms with Crippen LogP contribution in [0.15, 0.2) is 0 Å². The molecule has 0 spiro atoms. The standard InChI is InChI=1S/C12H21N3O2/c13-12(17)10(14-8-3-1-2-4-8)7-11(16)15-9-5-6-9/h8-10,14H,1-7H2,(H2,13,17)(H,15,16). The van der Waals surface area contributed by atoms with Crippen LogP contribution in [0.3, 0.4) is 0 Å². The van der Waals surface area contributed by atoms with E-state index >= 15 is 0 Å². The molecule has 5 nitrogen and oxygen atoms in total. The fourth-order valence-electron chi connectivity index (χ4n) is 2.32. The summed E-state index contributed by atoms with van der Waals surface area (Å²) in [5, 5.41) is 6.08. The summed E-state index contributed by atoms with van der Waals surface area (Å²) in [6, 6.07) is 0.167. The fraction of sp³-hybridized carbons (Fsp3) is 0.833. The van der Waals surface area contributed by atoms with E-state index in [-0.39, 0.29) is 12.3 Å². The van der Waals surface area contributed by atoms with Crippen molar-refractivity contribution in [3.8, 4) is 0 Å². The summed E-state index contributed by atoms with van der Waals surface area (Å²) in [5.74, 6) is -0.496. The van der Waals surface area contributed by atoms with Crippen molar-refractivity contribution in [1.82, 2.24) is 10.6 Å². The monoisotopic (exact) mass is 239 g/mol. The minimum Gasteiger partial charge on any atom is -0.368 e. The summed E-state index contributed by atoms with van der Waals surface area (Å²) in [7, 11) is 0. The highest BCUT2D eigenvalue weighted by molar-refractivity contribution is 5.87. The third-order valence-electron chi connectivity index (χ3n) is 3.47. The van der Waals surface area contributed by atoms with Gasteiger partial charge in [-0.05, 0) is 25.7 Å². The van der Waals surface area contributed by atoms with Crippen molar-refractivity contribution in [2.24, 2.45) is 5.73 Å². The summed E-state index contributed by atoms with van der Waals surface area (Å²) in [5.41, 5.74) is 5.33. The quantitative estimate of drug-likeness (QED) is 0.612. The SMILES string of the molecule is NC(=O)C(CC(=O)NC1CC1)NC1CCCC1. The van der Waals surface area contributed by atoms with E-state index in [1.54, 1.807) is 0 Å². The summed E-state index contributed by atoms with van der Waals surface area (Å²) >= 11 is 0. The van der Waals surface area contributed by atoms with Gasteiger partial charge in [0.15, 0.2) is 0 Å². The molecule has 5 heteroatoms. The molecule has 0 aromatic carbocycles. The number of hydrogen-bond donors (Lipinski definition) is 3. The minimum atomic E-state index is -0.517. The van der Waals surface area contributed by atoms with E-state index in [1.165, 1.54) is 12.8 Å². The molecule has 0 aromatic heterocycles. The van der Waals surface area contributed by atoms with Gasteiger partial charge >= 0.3 is 0 Å². The zero-order chi connectivity index (χ0) is 12.3. The Morgan fingerprint density at radius 3 is 2.29 bits per heavy atom. The van der Waals surface area contributed by atoms with Crippen LogP contribution in [0, 0.1) is 0 Å². The Hall–Kier alpha value is -1.10. The van der Waals surface area contributed by atoms with E-state index in [2.05, 4.69) is 10.6 Å². The number of rotatable bonds is 6. The first-order valence-corrected chi connectivity index (χ1v) is 6.50. The molecule has 1 unspecified atom stereocenters. The maximum absolute atomic E-state index is 11.6. The molecule has 4 N–H and O–H groups in total. The topological polar surface area (TPSA) is 84.2 Å². The van der Waals surface area contributed by atoms with Crippen LogP contribution in [0.2, 0.25) is 0 Å². The zero-order valence-corrected chi connectivity index (χ0v) is 10.1. The van der Waals surface area contributed by atoms with E-state index in [9.17, 15) is 9.59 Å². The first-order chi connectivity index (χ1) is 8.15. The van der Waals surface area contributed by atoms with Crippen molar-refractivity contribution in [2.75, 3.05) is 0 Å². The second-order valence-electron chi connectivity index (χ2n) is 5.15. The molecule has 0 saturated heterocycles. The first kappa shape index (κ1) is 12.4. The van der Waals surface area contributed by atoms with Gasteiger partial charge in [-0.3, -0.25) is 9.59 Å². The summed E-state index contributed by atoms with van der Waals surface area (Å²) in [6.45, 7) is 0. The number of carbonyl (C=O) groups is 2. The van der Waals surface area contributed by atoms with Gasteiger partial charge < -0.3 is 16.4 Å². The molecule has 0 heterocycles. The maximum Gasteiger partial charge on any atom is 0.235 e. The summed E-state index contributed by atoms with van der Waals surface area (Å²) < 4.78 is 0. The van der Waals surface area contributed by atoms with Crippen LogP contribution >= 0.6 is 0 Å². The Bertz CT molecular complexity index is 296. The maximum atomic E-state index is 11.6. The lowest BCUT2D eigenvalue weighted by atomic mass is 10.1. The number of amides is 2. The lowest BCUT2D eigenvalue weighted by Gasteiger charge is -2.19. The van der Waals surface area contributed by atoms with Crippen LogP contribution < -0.4 is 16.4 Å². The molecule has 96 valence electrons. The highest BCUT2D eigenvalue weighted by atomic mass is 16.2. The van der Waals surface area contributed by atoms with Crippen LogP contribution in [0.4, 0.5) is 0 Å². The van der Waals surface area contributed by atoms with E-state index in [0.29, 0.717) is 12.1 Å². The molecular formula is C12H21N3O2. The number of nitrogens with two attached hydrogens (primary N) is 1. The van der Waals surface area contributed by atoms with Crippen molar-refractivity contribution in [1.29, 1.82) is 0 Å². The molecule has 2 fully saturated rings. The van der Waals surface area contributed by atoms with Gasteiger partial charge in [-0.15, -0.1) is 0 Å². The third kappa shape index (κ3) is 4.00. The molecule has 0 aromatic rings. The average molecular weight is 239 g/mol. The number of hydrogen-bond acceptors (Lipinski definition) is 3. The van der Waals surface area contributed by atoms with Gasteiger partial charge in [0.25, 0.3) is 0 Å². The van der Waals surface area contributed by atoms with Crippen LogP contribution in [0.1, 0.15) is 44.9 Å². The van der Waals surface area contributed by atoms with Crippen molar-refractivity contribution < 1.29 is 9.59 Å². The molecule has 2 amide bonds. The molecule has 0 radical (unpaired) electrons. The van der Waals surface area contributed by atoms with Crippen LogP contribution in [-0.4, -0.2) is 29.9 Å². The number of nitrogens with one attached hydrogen (secondary N) is 2. The predicted molar refractivity (Wildman–Crippen MR) is 64.2 cm³/mol. The van der Waals surface area contributed by atoms with Crippen molar-refractivity contribution in [2.45, 2.75) is 63.1 Å². The van der Waals surface area contributed by atoms with Gasteiger partial charge in [0.1, 0.15) is 0 Å². The van der Waals surface area contributed by atoms with Gasteiger partial charge in [0.2, 0.25) is 11.8 Å². The Morgan fingerprint density at radius 2 is 1.76 bits per heavy atom. The van der Waals surface area contributed by atoms with Gasteiger partial charge in [-0.2, -0.15) is 0 Å². The zero-order valence-electron chi connectivity index (χ0n) is 10.1. The van der Waals surface area contributed by atoms with Crippen molar-refractivity contribution in [3.63, 3.8) is 0 Å². The molecule has 0 aliphatic heterocycles. The molecule has 2 rings (SSSR count). The van der Waals surface area contributed by atoms with Gasteiger partial charge in [-0.1, -0.05) is 12.8 Å². The third-order valence-corrected chi connectivity index (χ3v) is 3.47. The molecule has 0 bridgehead atoms. The molecule has 1 atom stereocenters. The van der Waals surface area contributed by atoms with E-state index in [0.717, 1.165) is 25.7 Å². The lowest BCUT2D eigenvalue weighted by Crippen LogP contribution is -2.48. The van der Waals surface area contributed by atoms with Crippen molar-refractivity contribution in [3.05, 3.63) is 0 Å². The highest BCUT2D eigenvalue weighted by Crippen LogP contribution is 2.20. The van der Waals surface area contributed by atoms with E-state index < -0.39 is 11.9 Å². The Balaban J connectivity index is 1.78. The van der Waals surface area contributed by atoms with Crippen molar-refractivity contribution >= 4 is 11.8 Å². The van der Waals surface area contributed by atoms with E-state index in [1.807, 2.05) is 0 Å². The van der Waals surface area contributed by atoms with E-state index in [4.69, 9.17) is 5.73 Å². The summed E-state index contributed by atoms with van der Waals surface area (Å²) in [6.07, 6.45) is 6.82. The molecule has 2 aliphatic rings. The average Bonchev–Trinajstić information content (AvgIpc) is 2.92. The number of carbonyl (C=O) groups excluding carboxylic acids is 2. The Morgan fingerprint density at radius 1 is 1.12 bits per heavy atom. The van der Waals surface area contributed by atoms with Gasteiger partial charge in [0, 0.05) is 12.1 Å².